The number of nitrogens with zero attached hydrogens (tertiary/aromatic N) is 2. The van der Waals surface area contributed by atoms with Gasteiger partial charge in [0.15, 0.2) is 5.82 Å². The molecule has 3 rings (SSSR count). The Labute approximate surface area is 255 Å². The van der Waals surface area contributed by atoms with Crippen LogP contribution in [0.1, 0.15) is 165 Å². The summed E-state index contributed by atoms with van der Waals surface area (Å²) in [5, 5.41) is 0. The molecule has 0 N–H and O–H groups in total. The van der Waals surface area contributed by atoms with Gasteiger partial charge in [-0.3, -0.25) is 0 Å². The lowest BCUT2D eigenvalue weighted by Gasteiger charge is -2.28. The second-order valence-electron chi connectivity index (χ2n) is 12.6. The molecule has 0 radical (unpaired) electrons. The van der Waals surface area contributed by atoms with Gasteiger partial charge in [-0.15, -0.1) is 0 Å². The van der Waals surface area contributed by atoms with Crippen LogP contribution in [0, 0.1) is 11.7 Å². The standard InChI is InChI=1S/C37H57FN2O2/c1-3-5-7-9-11-13-15-17-19-30-21-24-33(25-22-30)42-37(41)34-26-23-32(27-35(34)38)36-39-28-31(29-40-36)20-18-16-14-12-10-8-6-4-2/h23,26-30,33H,3-22,24-25H2,1-2H3. The predicted octanol–water partition coefficient (Wildman–Crippen LogP) is 11.2. The highest BCUT2D eigenvalue weighted by Gasteiger charge is 2.25. The van der Waals surface area contributed by atoms with Crippen molar-refractivity contribution in [3.8, 4) is 11.4 Å². The van der Waals surface area contributed by atoms with Crippen LogP contribution < -0.4 is 0 Å². The molecule has 0 unspecified atom stereocenters. The fourth-order valence-corrected chi connectivity index (χ4v) is 6.24. The molecule has 1 saturated carbocycles. The Balaban J connectivity index is 1.34. The average molecular weight is 581 g/mol. The van der Waals surface area contributed by atoms with Crippen LogP contribution in [-0.2, 0) is 11.2 Å². The van der Waals surface area contributed by atoms with Gasteiger partial charge < -0.3 is 4.74 Å². The molecule has 5 heteroatoms. The predicted molar refractivity (Wildman–Crippen MR) is 172 cm³/mol. The molecule has 1 aliphatic rings. The van der Waals surface area contributed by atoms with Crippen LogP contribution in [0.25, 0.3) is 11.4 Å². The summed E-state index contributed by atoms with van der Waals surface area (Å²) < 4.78 is 20.7. The van der Waals surface area contributed by atoms with E-state index in [9.17, 15) is 9.18 Å². The van der Waals surface area contributed by atoms with Gasteiger partial charge in [0.1, 0.15) is 11.9 Å². The minimum absolute atomic E-state index is 0.00822. The fraction of sp³-hybridized carbons (Fsp3) is 0.703. The van der Waals surface area contributed by atoms with E-state index >= 15 is 0 Å². The molecule has 4 nitrogen and oxygen atoms in total. The highest BCUT2D eigenvalue weighted by molar-refractivity contribution is 5.90. The average Bonchev–Trinajstić information content (AvgIpc) is 3.01. The molecular formula is C37H57FN2O2. The van der Waals surface area contributed by atoms with Gasteiger partial charge in [0.05, 0.1) is 5.56 Å². The summed E-state index contributed by atoms with van der Waals surface area (Å²) in [6, 6.07) is 4.58. The number of aromatic nitrogens is 2. The van der Waals surface area contributed by atoms with Gasteiger partial charge in [0.25, 0.3) is 0 Å². The first-order valence-electron chi connectivity index (χ1n) is 17.4. The second kappa shape index (κ2) is 20.6. The smallest absolute Gasteiger partial charge is 0.341 e. The minimum atomic E-state index is -0.576. The molecule has 0 amide bonds. The van der Waals surface area contributed by atoms with E-state index in [0.29, 0.717) is 11.4 Å². The van der Waals surface area contributed by atoms with Gasteiger partial charge in [0.2, 0.25) is 0 Å². The summed E-state index contributed by atoms with van der Waals surface area (Å²) in [5.41, 5.74) is 1.67. The Bertz CT molecular complexity index is 1000. The molecule has 0 atom stereocenters. The number of unbranched alkanes of at least 4 members (excludes halogenated alkanes) is 14. The molecule has 1 aliphatic carbocycles. The first kappa shape index (κ1) is 34.2. The number of carbonyl (C=O) groups excluding carboxylic acids is 1. The highest BCUT2D eigenvalue weighted by Crippen LogP contribution is 2.31. The molecule has 2 aromatic rings. The summed E-state index contributed by atoms with van der Waals surface area (Å²) in [4.78, 5) is 21.7. The molecule has 0 saturated heterocycles. The van der Waals surface area contributed by atoms with Crippen LogP contribution in [0.5, 0.6) is 0 Å². The summed E-state index contributed by atoms with van der Waals surface area (Å²) >= 11 is 0. The lowest BCUT2D eigenvalue weighted by Crippen LogP contribution is -2.25. The summed E-state index contributed by atoms with van der Waals surface area (Å²) in [6.45, 7) is 4.51. The Hall–Kier alpha value is -2.30. The van der Waals surface area contributed by atoms with Crippen molar-refractivity contribution in [1.29, 1.82) is 0 Å². The maximum absolute atomic E-state index is 15.0. The van der Waals surface area contributed by atoms with E-state index < -0.39 is 11.8 Å². The quantitative estimate of drug-likeness (QED) is 0.109. The topological polar surface area (TPSA) is 52.1 Å². The number of rotatable bonds is 21. The van der Waals surface area contributed by atoms with Gasteiger partial charge in [-0.2, -0.15) is 0 Å². The van der Waals surface area contributed by atoms with Crippen molar-refractivity contribution < 1.29 is 13.9 Å². The Morgan fingerprint density at radius 3 is 1.88 bits per heavy atom. The Kier molecular flexibility index (Phi) is 16.8. The van der Waals surface area contributed by atoms with Crippen molar-refractivity contribution in [3.63, 3.8) is 0 Å². The van der Waals surface area contributed by atoms with Gasteiger partial charge >= 0.3 is 5.97 Å². The maximum atomic E-state index is 15.0. The van der Waals surface area contributed by atoms with Crippen LogP contribution in [-0.4, -0.2) is 22.0 Å². The van der Waals surface area contributed by atoms with Crippen molar-refractivity contribution in [2.75, 3.05) is 0 Å². The number of ether oxygens (including phenoxy) is 1. The van der Waals surface area contributed by atoms with Gasteiger partial charge in [-0.1, -0.05) is 123 Å². The van der Waals surface area contributed by atoms with Gasteiger partial charge in [-0.05, 0) is 62.1 Å². The summed E-state index contributed by atoms with van der Waals surface area (Å²) in [7, 11) is 0. The van der Waals surface area contributed by atoms with E-state index in [-0.39, 0.29) is 11.7 Å². The zero-order chi connectivity index (χ0) is 29.8. The second-order valence-corrected chi connectivity index (χ2v) is 12.6. The number of aryl methyl sites for hydroxylation is 1. The molecular weight excluding hydrogens is 523 g/mol. The fourth-order valence-electron chi connectivity index (χ4n) is 6.24. The van der Waals surface area contributed by atoms with Crippen LogP contribution in [0.2, 0.25) is 0 Å². The van der Waals surface area contributed by atoms with E-state index in [0.717, 1.165) is 50.0 Å². The largest absolute Gasteiger partial charge is 0.459 e. The van der Waals surface area contributed by atoms with E-state index in [1.807, 2.05) is 12.4 Å². The third-order valence-corrected chi connectivity index (χ3v) is 9.00. The van der Waals surface area contributed by atoms with Crippen LogP contribution in [0.15, 0.2) is 30.6 Å². The lowest BCUT2D eigenvalue weighted by molar-refractivity contribution is 0.0156. The van der Waals surface area contributed by atoms with E-state index in [4.69, 9.17) is 4.74 Å². The van der Waals surface area contributed by atoms with E-state index in [1.54, 1.807) is 6.07 Å². The first-order valence-corrected chi connectivity index (χ1v) is 17.4. The molecule has 234 valence electrons. The highest BCUT2D eigenvalue weighted by atomic mass is 19.1. The monoisotopic (exact) mass is 580 g/mol. The van der Waals surface area contributed by atoms with Crippen molar-refractivity contribution in [3.05, 3.63) is 47.5 Å². The number of halogens is 1. The van der Waals surface area contributed by atoms with Crippen molar-refractivity contribution >= 4 is 5.97 Å². The third kappa shape index (κ3) is 12.9. The molecule has 1 heterocycles. The van der Waals surface area contributed by atoms with Crippen molar-refractivity contribution in [2.24, 2.45) is 5.92 Å². The molecule has 0 bridgehead atoms. The Morgan fingerprint density at radius 1 is 0.762 bits per heavy atom. The molecule has 0 spiro atoms. The SMILES string of the molecule is CCCCCCCCCCc1cnc(-c2ccc(C(=O)OC3CCC(CCCCCCCCCC)CC3)c(F)c2)nc1. The normalized spacial score (nSPS) is 16.9. The van der Waals surface area contributed by atoms with Gasteiger partial charge in [0, 0.05) is 18.0 Å². The number of esters is 1. The minimum Gasteiger partial charge on any atom is -0.459 e. The first-order chi connectivity index (χ1) is 20.6. The Morgan fingerprint density at radius 2 is 1.31 bits per heavy atom. The van der Waals surface area contributed by atoms with E-state index in [1.165, 1.54) is 115 Å². The summed E-state index contributed by atoms with van der Waals surface area (Å²) in [6.07, 6.45) is 30.9. The molecule has 1 fully saturated rings. The van der Waals surface area contributed by atoms with Crippen LogP contribution in [0.3, 0.4) is 0 Å². The van der Waals surface area contributed by atoms with Gasteiger partial charge in [-0.25, -0.2) is 19.2 Å². The third-order valence-electron chi connectivity index (χ3n) is 9.00. The number of hydrogen-bond acceptors (Lipinski definition) is 4. The van der Waals surface area contributed by atoms with Crippen LogP contribution >= 0.6 is 0 Å². The lowest BCUT2D eigenvalue weighted by atomic mass is 9.84. The molecule has 42 heavy (non-hydrogen) atoms. The van der Waals surface area contributed by atoms with Crippen LogP contribution in [0.4, 0.5) is 4.39 Å². The molecule has 1 aromatic carbocycles. The summed E-state index contributed by atoms with van der Waals surface area (Å²) in [5.74, 6) is 0.0748. The van der Waals surface area contributed by atoms with Crippen molar-refractivity contribution in [2.45, 2.75) is 161 Å². The zero-order valence-electron chi connectivity index (χ0n) is 26.7. The number of hydrogen-bond donors (Lipinski definition) is 0. The van der Waals surface area contributed by atoms with Crippen molar-refractivity contribution in [1.82, 2.24) is 9.97 Å². The molecule has 1 aromatic heterocycles. The molecule has 0 aliphatic heterocycles. The number of carbonyl (C=O) groups is 1. The maximum Gasteiger partial charge on any atom is 0.341 e. The zero-order valence-corrected chi connectivity index (χ0v) is 26.7. The number of benzene rings is 1. The van der Waals surface area contributed by atoms with E-state index in [2.05, 4.69) is 23.8 Å².